The zero-order valence-electron chi connectivity index (χ0n) is 17.4. The lowest BCUT2D eigenvalue weighted by Gasteiger charge is -2.34. The molecule has 3 heterocycles. The van der Waals surface area contributed by atoms with E-state index in [9.17, 15) is 9.59 Å². The summed E-state index contributed by atoms with van der Waals surface area (Å²) >= 11 is 0. The molecule has 2 aromatic carbocycles. The lowest BCUT2D eigenvalue weighted by molar-refractivity contribution is -0.133. The monoisotopic (exact) mass is 402 g/mol. The summed E-state index contributed by atoms with van der Waals surface area (Å²) in [4.78, 5) is 32.3. The quantitative estimate of drug-likeness (QED) is 0.676. The fourth-order valence-electron chi connectivity index (χ4n) is 4.76. The van der Waals surface area contributed by atoms with Crippen LogP contribution in [0.1, 0.15) is 27.5 Å². The first kappa shape index (κ1) is 18.9. The molecule has 6 heteroatoms. The maximum atomic E-state index is 13.3. The minimum absolute atomic E-state index is 0.0227. The van der Waals surface area contributed by atoms with Gasteiger partial charge in [-0.1, -0.05) is 36.4 Å². The average Bonchev–Trinajstić information content (AvgIpc) is 3.23. The van der Waals surface area contributed by atoms with Crippen molar-refractivity contribution in [1.82, 2.24) is 19.3 Å². The van der Waals surface area contributed by atoms with Crippen molar-refractivity contribution >= 4 is 22.7 Å². The third-order valence-corrected chi connectivity index (χ3v) is 6.44. The van der Waals surface area contributed by atoms with Gasteiger partial charge in [-0.3, -0.25) is 9.59 Å². The molecule has 1 aromatic heterocycles. The van der Waals surface area contributed by atoms with Crippen molar-refractivity contribution < 1.29 is 9.59 Å². The molecule has 5 rings (SSSR count). The number of aryl methyl sites for hydroxylation is 1. The third kappa shape index (κ3) is 2.99. The SMILES string of the molecule is CN1CCN(C(=O)CN2C(=O)c3ccccc3[C@H]2c2cn(C)c3ccccc23)CC1. The van der Waals surface area contributed by atoms with Crippen LogP contribution in [0.3, 0.4) is 0 Å². The van der Waals surface area contributed by atoms with E-state index < -0.39 is 0 Å². The lowest BCUT2D eigenvalue weighted by Crippen LogP contribution is -2.50. The molecular weight excluding hydrogens is 376 g/mol. The number of benzene rings is 2. The Balaban J connectivity index is 1.54. The molecule has 1 atom stereocenters. The molecule has 0 saturated carbocycles. The third-order valence-electron chi connectivity index (χ3n) is 6.44. The van der Waals surface area contributed by atoms with Crippen LogP contribution < -0.4 is 0 Å². The van der Waals surface area contributed by atoms with Gasteiger partial charge in [0.25, 0.3) is 5.91 Å². The standard InChI is InChI=1S/C24H26N4O2/c1-25-11-13-27(14-12-25)22(29)16-28-23(18-8-3-4-9-19(18)24(28)30)20-15-26(2)21-10-6-5-7-17(20)21/h3-10,15,23H,11-14,16H2,1-2H3/t23-/m0/s1. The van der Waals surface area contributed by atoms with Crippen molar-refractivity contribution in [2.75, 3.05) is 39.8 Å². The minimum atomic E-state index is -0.254. The maximum absolute atomic E-state index is 13.3. The maximum Gasteiger partial charge on any atom is 0.255 e. The summed E-state index contributed by atoms with van der Waals surface area (Å²) in [5.41, 5.74) is 3.86. The highest BCUT2D eigenvalue weighted by Crippen LogP contribution is 2.41. The van der Waals surface area contributed by atoms with Gasteiger partial charge in [-0.25, -0.2) is 0 Å². The highest BCUT2D eigenvalue weighted by molar-refractivity contribution is 6.02. The molecule has 2 aliphatic heterocycles. The number of hydrogen-bond acceptors (Lipinski definition) is 3. The Morgan fingerprint density at radius 2 is 1.63 bits per heavy atom. The number of likely N-dealkylation sites (N-methyl/N-ethyl adjacent to an activating group) is 1. The Labute approximate surface area is 176 Å². The zero-order valence-corrected chi connectivity index (χ0v) is 17.4. The van der Waals surface area contributed by atoms with E-state index >= 15 is 0 Å². The number of carbonyl (C=O) groups excluding carboxylic acids is 2. The van der Waals surface area contributed by atoms with Gasteiger partial charge in [0.05, 0.1) is 6.04 Å². The van der Waals surface area contributed by atoms with Crippen molar-refractivity contribution in [3.05, 3.63) is 71.4 Å². The van der Waals surface area contributed by atoms with Crippen LogP contribution in [0.4, 0.5) is 0 Å². The summed E-state index contributed by atoms with van der Waals surface area (Å²) in [5.74, 6) is -0.0412. The molecule has 0 bridgehead atoms. The summed E-state index contributed by atoms with van der Waals surface area (Å²) in [5, 5.41) is 1.12. The van der Waals surface area contributed by atoms with Gasteiger partial charge < -0.3 is 19.3 Å². The molecule has 2 amide bonds. The highest BCUT2D eigenvalue weighted by atomic mass is 16.2. The second-order valence-corrected chi connectivity index (χ2v) is 8.32. The van der Waals surface area contributed by atoms with E-state index in [0.717, 1.165) is 35.1 Å². The Morgan fingerprint density at radius 1 is 0.933 bits per heavy atom. The second-order valence-electron chi connectivity index (χ2n) is 8.32. The molecule has 1 saturated heterocycles. The van der Waals surface area contributed by atoms with E-state index in [2.05, 4.69) is 34.8 Å². The van der Waals surface area contributed by atoms with Crippen molar-refractivity contribution in [2.24, 2.45) is 7.05 Å². The van der Waals surface area contributed by atoms with Crippen molar-refractivity contribution in [3.63, 3.8) is 0 Å². The van der Waals surface area contributed by atoms with E-state index in [-0.39, 0.29) is 24.4 Å². The van der Waals surface area contributed by atoms with Crippen LogP contribution in [-0.4, -0.2) is 70.9 Å². The van der Waals surface area contributed by atoms with Gasteiger partial charge in [-0.05, 0) is 24.7 Å². The summed E-state index contributed by atoms with van der Waals surface area (Å²) in [6.07, 6.45) is 2.10. The molecule has 2 aliphatic rings. The van der Waals surface area contributed by atoms with E-state index in [1.807, 2.05) is 48.3 Å². The van der Waals surface area contributed by atoms with Gasteiger partial charge >= 0.3 is 0 Å². The summed E-state index contributed by atoms with van der Waals surface area (Å²) in [6.45, 7) is 3.26. The molecule has 0 N–H and O–H groups in total. The molecule has 3 aromatic rings. The van der Waals surface area contributed by atoms with E-state index in [1.54, 1.807) is 4.90 Å². The topological polar surface area (TPSA) is 48.8 Å². The van der Waals surface area contributed by atoms with E-state index in [4.69, 9.17) is 0 Å². The van der Waals surface area contributed by atoms with Gasteiger partial charge in [0.2, 0.25) is 5.91 Å². The predicted molar refractivity (Wildman–Crippen MR) is 116 cm³/mol. The molecule has 1 fully saturated rings. The Bertz CT molecular complexity index is 1130. The molecule has 154 valence electrons. The first-order chi connectivity index (χ1) is 14.5. The Kier molecular flexibility index (Phi) is 4.59. The van der Waals surface area contributed by atoms with Crippen molar-refractivity contribution in [1.29, 1.82) is 0 Å². The number of para-hydroxylation sites is 1. The van der Waals surface area contributed by atoms with Gasteiger partial charge in [-0.15, -0.1) is 0 Å². The molecular formula is C24H26N4O2. The number of aromatic nitrogens is 1. The number of carbonyl (C=O) groups is 2. The first-order valence-corrected chi connectivity index (χ1v) is 10.4. The van der Waals surface area contributed by atoms with Gasteiger partial charge in [0, 0.05) is 61.5 Å². The number of fused-ring (bicyclic) bond motifs is 2. The van der Waals surface area contributed by atoms with Crippen molar-refractivity contribution in [3.8, 4) is 0 Å². The zero-order chi connectivity index (χ0) is 20.8. The Morgan fingerprint density at radius 3 is 2.43 bits per heavy atom. The summed E-state index contributed by atoms with van der Waals surface area (Å²) in [6, 6.07) is 15.7. The summed E-state index contributed by atoms with van der Waals surface area (Å²) in [7, 11) is 4.09. The molecule has 30 heavy (non-hydrogen) atoms. The van der Waals surface area contributed by atoms with Crippen molar-refractivity contribution in [2.45, 2.75) is 6.04 Å². The molecule has 6 nitrogen and oxygen atoms in total. The van der Waals surface area contributed by atoms with Crippen LogP contribution in [-0.2, 0) is 11.8 Å². The predicted octanol–water partition coefficient (Wildman–Crippen LogP) is 2.50. The van der Waals surface area contributed by atoms with Crippen LogP contribution in [0, 0.1) is 0 Å². The fraction of sp³-hybridized carbons (Fsp3) is 0.333. The van der Waals surface area contributed by atoms with E-state index in [0.29, 0.717) is 18.7 Å². The fourth-order valence-corrected chi connectivity index (χ4v) is 4.76. The number of amides is 2. The highest BCUT2D eigenvalue weighted by Gasteiger charge is 2.40. The van der Waals surface area contributed by atoms with Gasteiger partial charge in [0.1, 0.15) is 6.54 Å². The van der Waals surface area contributed by atoms with Crippen LogP contribution in [0.25, 0.3) is 10.9 Å². The van der Waals surface area contributed by atoms with E-state index in [1.165, 1.54) is 0 Å². The lowest BCUT2D eigenvalue weighted by atomic mass is 9.97. The number of hydrogen-bond donors (Lipinski definition) is 0. The minimum Gasteiger partial charge on any atom is -0.350 e. The Hall–Kier alpha value is -3.12. The van der Waals surface area contributed by atoms with Crippen LogP contribution in [0.5, 0.6) is 0 Å². The molecule has 0 radical (unpaired) electrons. The van der Waals surface area contributed by atoms with Crippen LogP contribution >= 0.6 is 0 Å². The second kappa shape index (κ2) is 7.29. The number of piperazine rings is 1. The van der Waals surface area contributed by atoms with Gasteiger partial charge in [-0.2, -0.15) is 0 Å². The smallest absolute Gasteiger partial charge is 0.255 e. The molecule has 0 unspecified atom stereocenters. The number of rotatable bonds is 3. The average molecular weight is 402 g/mol. The first-order valence-electron chi connectivity index (χ1n) is 10.4. The molecule has 0 aliphatic carbocycles. The molecule has 0 spiro atoms. The summed E-state index contributed by atoms with van der Waals surface area (Å²) < 4.78 is 2.09. The van der Waals surface area contributed by atoms with Crippen LogP contribution in [0.15, 0.2) is 54.7 Å². The van der Waals surface area contributed by atoms with Crippen LogP contribution in [0.2, 0.25) is 0 Å². The largest absolute Gasteiger partial charge is 0.350 e. The van der Waals surface area contributed by atoms with Gasteiger partial charge in [0.15, 0.2) is 0 Å². The number of nitrogens with zero attached hydrogens (tertiary/aromatic N) is 4. The normalized spacial score (nSPS) is 19.5.